The molecule has 3 nitrogen and oxygen atoms in total. The van der Waals surface area contributed by atoms with Gasteiger partial charge in [-0.05, 0) is 38.1 Å². The molecule has 0 spiro atoms. The highest BCUT2D eigenvalue weighted by molar-refractivity contribution is 5.09. The van der Waals surface area contributed by atoms with Gasteiger partial charge in [0, 0.05) is 18.3 Å². The highest BCUT2D eigenvalue weighted by Crippen LogP contribution is 2.36. The quantitative estimate of drug-likeness (QED) is 0.886. The Labute approximate surface area is 110 Å². The van der Waals surface area contributed by atoms with Crippen molar-refractivity contribution in [3.8, 4) is 0 Å². The lowest BCUT2D eigenvalue weighted by Gasteiger charge is -2.31. The van der Waals surface area contributed by atoms with E-state index in [0.717, 1.165) is 12.5 Å². The van der Waals surface area contributed by atoms with Crippen molar-refractivity contribution < 1.29 is 0 Å². The molecule has 3 rings (SSSR count). The first-order valence-electron chi connectivity index (χ1n) is 7.63. The smallest absolute Gasteiger partial charge is 0.0951 e. The van der Waals surface area contributed by atoms with Crippen LogP contribution in [0.5, 0.6) is 0 Å². The average molecular weight is 247 g/mol. The third-order valence-corrected chi connectivity index (χ3v) is 4.84. The van der Waals surface area contributed by atoms with Crippen LogP contribution in [0.15, 0.2) is 12.5 Å². The second kappa shape index (κ2) is 5.43. The van der Waals surface area contributed by atoms with Crippen LogP contribution in [0.1, 0.15) is 69.6 Å². The molecule has 3 atom stereocenters. The predicted molar refractivity (Wildman–Crippen MR) is 73.5 cm³/mol. The fourth-order valence-electron chi connectivity index (χ4n) is 3.71. The number of imidazole rings is 1. The van der Waals surface area contributed by atoms with Crippen LogP contribution in [0.2, 0.25) is 0 Å². The summed E-state index contributed by atoms with van der Waals surface area (Å²) in [5, 5.41) is 3.60. The normalized spacial score (nSPS) is 32.8. The first-order chi connectivity index (χ1) is 8.88. The summed E-state index contributed by atoms with van der Waals surface area (Å²) in [6.07, 6.45) is 13.6. The van der Waals surface area contributed by atoms with Crippen LogP contribution >= 0.6 is 0 Å². The summed E-state index contributed by atoms with van der Waals surface area (Å²) in [7, 11) is 0. The number of nitrogens with zero attached hydrogens (tertiary/aromatic N) is 2. The molecule has 100 valence electrons. The van der Waals surface area contributed by atoms with Crippen LogP contribution in [0, 0.1) is 5.92 Å². The maximum absolute atomic E-state index is 4.42. The Morgan fingerprint density at radius 1 is 1.33 bits per heavy atom. The molecule has 0 bridgehead atoms. The van der Waals surface area contributed by atoms with Crippen molar-refractivity contribution in [2.24, 2.45) is 5.92 Å². The zero-order valence-electron chi connectivity index (χ0n) is 11.4. The van der Waals surface area contributed by atoms with Crippen molar-refractivity contribution in [2.45, 2.75) is 64.0 Å². The summed E-state index contributed by atoms with van der Waals surface area (Å²) in [6, 6.07) is 1.25. The number of aromatic nitrogens is 2. The third kappa shape index (κ3) is 2.33. The van der Waals surface area contributed by atoms with Gasteiger partial charge in [-0.1, -0.05) is 26.2 Å². The Hall–Kier alpha value is -0.830. The van der Waals surface area contributed by atoms with Gasteiger partial charge >= 0.3 is 0 Å². The van der Waals surface area contributed by atoms with Crippen LogP contribution in [-0.4, -0.2) is 16.1 Å². The molecule has 1 N–H and O–H groups in total. The molecule has 2 fully saturated rings. The van der Waals surface area contributed by atoms with Crippen molar-refractivity contribution in [3.63, 3.8) is 0 Å². The molecule has 1 saturated heterocycles. The molecule has 0 radical (unpaired) electrons. The van der Waals surface area contributed by atoms with E-state index in [4.69, 9.17) is 0 Å². The average Bonchev–Trinajstić information content (AvgIpc) is 3.09. The predicted octanol–water partition coefficient (Wildman–Crippen LogP) is 3.45. The molecule has 18 heavy (non-hydrogen) atoms. The molecule has 1 saturated carbocycles. The zero-order chi connectivity index (χ0) is 12.4. The van der Waals surface area contributed by atoms with Crippen molar-refractivity contribution in [1.29, 1.82) is 0 Å². The molecule has 3 unspecified atom stereocenters. The molecular formula is C15H25N3. The SMILES string of the molecule is CCC1CCCC(n2cncc2C2CCCN2)C1. The van der Waals surface area contributed by atoms with E-state index in [1.165, 1.54) is 50.6 Å². The van der Waals surface area contributed by atoms with E-state index in [-0.39, 0.29) is 0 Å². The van der Waals surface area contributed by atoms with Crippen LogP contribution in [0.4, 0.5) is 0 Å². The van der Waals surface area contributed by atoms with Gasteiger partial charge in [0.25, 0.3) is 0 Å². The minimum atomic E-state index is 0.550. The molecule has 1 aliphatic carbocycles. The van der Waals surface area contributed by atoms with Gasteiger partial charge in [0.15, 0.2) is 0 Å². The number of rotatable bonds is 3. The molecule has 2 heterocycles. The maximum Gasteiger partial charge on any atom is 0.0951 e. The van der Waals surface area contributed by atoms with Gasteiger partial charge in [-0.25, -0.2) is 4.98 Å². The zero-order valence-corrected chi connectivity index (χ0v) is 11.4. The first kappa shape index (κ1) is 12.2. The van der Waals surface area contributed by atoms with Crippen LogP contribution in [0.25, 0.3) is 0 Å². The molecule has 1 aromatic heterocycles. The minimum absolute atomic E-state index is 0.550. The van der Waals surface area contributed by atoms with Gasteiger partial charge in [0.2, 0.25) is 0 Å². The molecule has 0 amide bonds. The van der Waals surface area contributed by atoms with Crippen LogP contribution in [0.3, 0.4) is 0 Å². The third-order valence-electron chi connectivity index (χ3n) is 4.84. The molecular weight excluding hydrogens is 222 g/mol. The largest absolute Gasteiger partial charge is 0.330 e. The van der Waals surface area contributed by atoms with Crippen molar-refractivity contribution in [1.82, 2.24) is 14.9 Å². The standard InChI is InChI=1S/C15H25N3/c1-2-12-5-3-6-13(9-12)18-11-16-10-15(18)14-7-4-8-17-14/h10-14,17H,2-9H2,1H3. The topological polar surface area (TPSA) is 29.9 Å². The van der Waals surface area contributed by atoms with Crippen LogP contribution in [-0.2, 0) is 0 Å². The fourth-order valence-corrected chi connectivity index (χ4v) is 3.71. The summed E-state index contributed by atoms with van der Waals surface area (Å²) in [5.74, 6) is 0.926. The number of hydrogen-bond acceptors (Lipinski definition) is 2. The van der Waals surface area contributed by atoms with Gasteiger partial charge in [0.1, 0.15) is 0 Å². The highest BCUT2D eigenvalue weighted by Gasteiger charge is 2.26. The highest BCUT2D eigenvalue weighted by atomic mass is 15.1. The van der Waals surface area contributed by atoms with E-state index < -0.39 is 0 Å². The molecule has 1 aliphatic heterocycles. The Morgan fingerprint density at radius 3 is 3.06 bits per heavy atom. The number of hydrogen-bond donors (Lipinski definition) is 1. The van der Waals surface area contributed by atoms with E-state index in [0.29, 0.717) is 12.1 Å². The second-order valence-corrected chi connectivity index (χ2v) is 5.97. The van der Waals surface area contributed by atoms with Crippen LogP contribution < -0.4 is 5.32 Å². The summed E-state index contributed by atoms with van der Waals surface area (Å²) < 4.78 is 2.48. The van der Waals surface area contributed by atoms with E-state index in [1.54, 1.807) is 0 Å². The van der Waals surface area contributed by atoms with Crippen molar-refractivity contribution in [2.75, 3.05) is 6.54 Å². The van der Waals surface area contributed by atoms with Gasteiger partial charge in [-0.3, -0.25) is 0 Å². The van der Waals surface area contributed by atoms with E-state index in [9.17, 15) is 0 Å². The Balaban J connectivity index is 1.77. The molecule has 1 aromatic rings. The van der Waals surface area contributed by atoms with E-state index >= 15 is 0 Å². The Bertz CT molecular complexity index is 379. The summed E-state index contributed by atoms with van der Waals surface area (Å²) in [6.45, 7) is 3.50. The summed E-state index contributed by atoms with van der Waals surface area (Å²) in [5.41, 5.74) is 1.43. The monoisotopic (exact) mass is 247 g/mol. The molecule has 2 aliphatic rings. The lowest BCUT2D eigenvalue weighted by atomic mass is 9.84. The Kier molecular flexibility index (Phi) is 3.69. The lowest BCUT2D eigenvalue weighted by molar-refractivity contribution is 0.255. The van der Waals surface area contributed by atoms with Crippen molar-refractivity contribution in [3.05, 3.63) is 18.2 Å². The second-order valence-electron chi connectivity index (χ2n) is 5.97. The molecule has 3 heteroatoms. The fraction of sp³-hybridized carbons (Fsp3) is 0.800. The van der Waals surface area contributed by atoms with Gasteiger partial charge in [0.05, 0.1) is 12.0 Å². The first-order valence-corrected chi connectivity index (χ1v) is 7.63. The number of nitrogens with one attached hydrogen (secondary N) is 1. The molecule has 0 aromatic carbocycles. The lowest BCUT2D eigenvalue weighted by Crippen LogP contribution is -2.23. The van der Waals surface area contributed by atoms with Crippen molar-refractivity contribution >= 4 is 0 Å². The minimum Gasteiger partial charge on any atom is -0.330 e. The van der Waals surface area contributed by atoms with Gasteiger partial charge < -0.3 is 9.88 Å². The van der Waals surface area contributed by atoms with Gasteiger partial charge in [-0.15, -0.1) is 0 Å². The summed E-state index contributed by atoms with van der Waals surface area (Å²) >= 11 is 0. The van der Waals surface area contributed by atoms with Gasteiger partial charge in [-0.2, -0.15) is 0 Å². The maximum atomic E-state index is 4.42. The van der Waals surface area contributed by atoms with E-state index in [2.05, 4.69) is 34.3 Å². The summed E-state index contributed by atoms with van der Waals surface area (Å²) in [4.78, 5) is 4.42. The van der Waals surface area contributed by atoms with E-state index in [1.807, 2.05) is 0 Å². The Morgan fingerprint density at radius 2 is 2.28 bits per heavy atom.